The molecule has 1 unspecified atom stereocenters. The summed E-state index contributed by atoms with van der Waals surface area (Å²) in [5, 5.41) is 0. The molecule has 0 aliphatic heterocycles. The summed E-state index contributed by atoms with van der Waals surface area (Å²) >= 11 is 0. The van der Waals surface area contributed by atoms with E-state index in [1.54, 1.807) is 12.1 Å². The van der Waals surface area contributed by atoms with Crippen molar-refractivity contribution in [3.8, 4) is 0 Å². The minimum absolute atomic E-state index is 0.165. The van der Waals surface area contributed by atoms with Crippen LogP contribution in [0.25, 0.3) is 0 Å². The fourth-order valence-corrected chi connectivity index (χ4v) is 3.19. The maximum absolute atomic E-state index is 12.3. The average Bonchev–Trinajstić information content (AvgIpc) is 2.53. The number of rotatable bonds is 6. The molecule has 118 valence electrons. The number of hydrogen-bond acceptors (Lipinski definition) is 3. The van der Waals surface area contributed by atoms with Gasteiger partial charge >= 0.3 is 0 Å². The molecule has 4 nitrogen and oxygen atoms in total. The summed E-state index contributed by atoms with van der Waals surface area (Å²) in [5.41, 5.74) is 8.03. The molecule has 0 bridgehead atoms. The Morgan fingerprint density at radius 2 is 1.55 bits per heavy atom. The first-order chi connectivity index (χ1) is 10.4. The standard InChI is InChI=1S/C17H22N2O2S/c1-13(2)14-8-10-16(11-9-14)22(20,21)19-12-17(18)15-6-4-3-5-7-15/h3-11,13,17,19H,12,18H2,1-2H3. The first-order valence-electron chi connectivity index (χ1n) is 7.30. The molecule has 22 heavy (non-hydrogen) atoms. The zero-order chi connectivity index (χ0) is 16.2. The Morgan fingerprint density at radius 1 is 0.955 bits per heavy atom. The highest BCUT2D eigenvalue weighted by Crippen LogP contribution is 2.17. The highest BCUT2D eigenvalue weighted by molar-refractivity contribution is 7.89. The predicted molar refractivity (Wildman–Crippen MR) is 89.1 cm³/mol. The monoisotopic (exact) mass is 318 g/mol. The smallest absolute Gasteiger partial charge is 0.240 e. The van der Waals surface area contributed by atoms with Crippen LogP contribution in [-0.2, 0) is 10.0 Å². The number of benzene rings is 2. The van der Waals surface area contributed by atoms with Crippen molar-refractivity contribution in [3.05, 3.63) is 65.7 Å². The Morgan fingerprint density at radius 3 is 2.09 bits per heavy atom. The van der Waals surface area contributed by atoms with Crippen LogP contribution in [0.1, 0.15) is 36.9 Å². The molecule has 0 fully saturated rings. The molecule has 0 aliphatic carbocycles. The second-order valence-corrected chi connectivity index (χ2v) is 7.36. The number of hydrogen-bond donors (Lipinski definition) is 2. The van der Waals surface area contributed by atoms with Gasteiger partial charge in [0.1, 0.15) is 0 Å². The summed E-state index contributed by atoms with van der Waals surface area (Å²) in [6.45, 7) is 4.31. The second kappa shape index (κ2) is 7.05. The zero-order valence-electron chi connectivity index (χ0n) is 12.9. The Balaban J connectivity index is 2.05. The van der Waals surface area contributed by atoms with Crippen LogP contribution in [0, 0.1) is 0 Å². The van der Waals surface area contributed by atoms with Crippen molar-refractivity contribution in [1.82, 2.24) is 4.72 Å². The summed E-state index contributed by atoms with van der Waals surface area (Å²) in [7, 11) is -3.54. The zero-order valence-corrected chi connectivity index (χ0v) is 13.7. The van der Waals surface area contributed by atoms with E-state index in [1.165, 1.54) is 0 Å². The molecule has 0 heterocycles. The van der Waals surface area contributed by atoms with Gasteiger partial charge in [0.05, 0.1) is 4.90 Å². The van der Waals surface area contributed by atoms with Gasteiger partial charge in [0.25, 0.3) is 0 Å². The van der Waals surface area contributed by atoms with Crippen LogP contribution >= 0.6 is 0 Å². The van der Waals surface area contributed by atoms with Crippen molar-refractivity contribution in [2.24, 2.45) is 5.73 Å². The fraction of sp³-hybridized carbons (Fsp3) is 0.294. The minimum Gasteiger partial charge on any atom is -0.323 e. The van der Waals surface area contributed by atoms with Crippen molar-refractivity contribution in [1.29, 1.82) is 0 Å². The van der Waals surface area contributed by atoms with Gasteiger partial charge in [-0.05, 0) is 29.2 Å². The molecule has 2 aromatic rings. The maximum atomic E-state index is 12.3. The van der Waals surface area contributed by atoms with E-state index in [4.69, 9.17) is 5.73 Å². The lowest BCUT2D eigenvalue weighted by atomic mass is 10.0. The maximum Gasteiger partial charge on any atom is 0.240 e. The van der Waals surface area contributed by atoms with Crippen LogP contribution in [0.4, 0.5) is 0 Å². The molecular weight excluding hydrogens is 296 g/mol. The van der Waals surface area contributed by atoms with Gasteiger partial charge in [-0.25, -0.2) is 13.1 Å². The summed E-state index contributed by atoms with van der Waals surface area (Å²) in [4.78, 5) is 0.261. The molecular formula is C17H22N2O2S. The van der Waals surface area contributed by atoms with Crippen molar-refractivity contribution < 1.29 is 8.42 Å². The first-order valence-corrected chi connectivity index (χ1v) is 8.78. The molecule has 2 aromatic carbocycles. The van der Waals surface area contributed by atoms with Crippen LogP contribution in [0.15, 0.2) is 59.5 Å². The van der Waals surface area contributed by atoms with Crippen molar-refractivity contribution in [3.63, 3.8) is 0 Å². The van der Waals surface area contributed by atoms with Gasteiger partial charge in [-0.3, -0.25) is 0 Å². The lowest BCUT2D eigenvalue weighted by Crippen LogP contribution is -2.31. The topological polar surface area (TPSA) is 72.2 Å². The molecule has 0 aliphatic rings. The average molecular weight is 318 g/mol. The number of nitrogens with one attached hydrogen (secondary N) is 1. The normalized spacial score (nSPS) is 13.3. The molecule has 0 radical (unpaired) electrons. The molecule has 0 saturated carbocycles. The highest BCUT2D eigenvalue weighted by atomic mass is 32.2. The molecule has 5 heteroatoms. The quantitative estimate of drug-likeness (QED) is 0.860. The fourth-order valence-electron chi connectivity index (χ4n) is 2.13. The molecule has 0 aromatic heterocycles. The molecule has 3 N–H and O–H groups in total. The second-order valence-electron chi connectivity index (χ2n) is 5.59. The van der Waals surface area contributed by atoms with Crippen LogP contribution in [0.5, 0.6) is 0 Å². The molecule has 0 spiro atoms. The van der Waals surface area contributed by atoms with Crippen LogP contribution < -0.4 is 10.5 Å². The summed E-state index contributed by atoms with van der Waals surface area (Å²) in [5.74, 6) is 0.371. The van der Waals surface area contributed by atoms with Gasteiger partial charge in [-0.1, -0.05) is 56.3 Å². The Hall–Kier alpha value is -1.69. The minimum atomic E-state index is -3.54. The van der Waals surface area contributed by atoms with E-state index in [0.29, 0.717) is 5.92 Å². The summed E-state index contributed by atoms with van der Waals surface area (Å²) in [6, 6.07) is 16.0. The molecule has 1 atom stereocenters. The number of nitrogens with two attached hydrogens (primary N) is 1. The van der Waals surface area contributed by atoms with Crippen molar-refractivity contribution in [2.75, 3.05) is 6.54 Å². The summed E-state index contributed by atoms with van der Waals surface area (Å²) in [6.07, 6.45) is 0. The Kier molecular flexibility index (Phi) is 5.34. The van der Waals surface area contributed by atoms with E-state index in [2.05, 4.69) is 18.6 Å². The third-order valence-corrected chi connectivity index (χ3v) is 5.02. The molecule has 0 amide bonds. The third kappa shape index (κ3) is 4.16. The lowest BCUT2D eigenvalue weighted by Gasteiger charge is -2.14. The van der Waals surface area contributed by atoms with Gasteiger partial charge in [0.2, 0.25) is 10.0 Å². The van der Waals surface area contributed by atoms with Crippen LogP contribution in [0.2, 0.25) is 0 Å². The lowest BCUT2D eigenvalue weighted by molar-refractivity contribution is 0.572. The van der Waals surface area contributed by atoms with Crippen molar-refractivity contribution >= 4 is 10.0 Å². The Labute approximate surface area is 132 Å². The van der Waals surface area contributed by atoms with E-state index >= 15 is 0 Å². The molecule has 0 saturated heterocycles. The highest BCUT2D eigenvalue weighted by Gasteiger charge is 2.16. The molecule has 2 rings (SSSR count). The van der Waals surface area contributed by atoms with E-state index in [0.717, 1.165) is 11.1 Å². The van der Waals surface area contributed by atoms with E-state index in [9.17, 15) is 8.42 Å². The first kappa shape index (κ1) is 16.7. The van der Waals surface area contributed by atoms with Gasteiger partial charge in [-0.2, -0.15) is 0 Å². The van der Waals surface area contributed by atoms with Gasteiger partial charge in [0, 0.05) is 12.6 Å². The Bertz CT molecular complexity index is 695. The van der Waals surface area contributed by atoms with E-state index in [1.807, 2.05) is 42.5 Å². The van der Waals surface area contributed by atoms with Crippen LogP contribution in [-0.4, -0.2) is 15.0 Å². The largest absolute Gasteiger partial charge is 0.323 e. The van der Waals surface area contributed by atoms with Gasteiger partial charge in [-0.15, -0.1) is 0 Å². The van der Waals surface area contributed by atoms with Gasteiger partial charge in [0.15, 0.2) is 0 Å². The van der Waals surface area contributed by atoms with E-state index in [-0.39, 0.29) is 17.5 Å². The SMILES string of the molecule is CC(C)c1ccc(S(=O)(=O)NCC(N)c2ccccc2)cc1. The third-order valence-electron chi connectivity index (χ3n) is 3.58. The van der Waals surface area contributed by atoms with Crippen molar-refractivity contribution in [2.45, 2.75) is 30.7 Å². The summed E-state index contributed by atoms with van der Waals surface area (Å²) < 4.78 is 27.1. The van der Waals surface area contributed by atoms with Gasteiger partial charge < -0.3 is 5.73 Å². The predicted octanol–water partition coefficient (Wildman–Crippen LogP) is 2.79. The number of sulfonamides is 1. The van der Waals surface area contributed by atoms with E-state index < -0.39 is 10.0 Å². The van der Waals surface area contributed by atoms with Crippen LogP contribution in [0.3, 0.4) is 0 Å².